The van der Waals surface area contributed by atoms with Gasteiger partial charge in [-0.3, -0.25) is 4.98 Å². The maximum absolute atomic E-state index is 12.5. The first-order valence-electron chi connectivity index (χ1n) is 5.12. The SMILES string of the molecule is Cc1cc(-n2ccc(C(F)(F)F)n2)c(C(=O)O)cn1. The van der Waals surface area contributed by atoms with Crippen LogP contribution < -0.4 is 0 Å². The molecule has 5 nitrogen and oxygen atoms in total. The van der Waals surface area contributed by atoms with Gasteiger partial charge in [0, 0.05) is 18.1 Å². The summed E-state index contributed by atoms with van der Waals surface area (Å²) in [5, 5.41) is 12.3. The molecule has 0 aliphatic rings. The smallest absolute Gasteiger partial charge is 0.435 e. The Morgan fingerprint density at radius 1 is 1.42 bits per heavy atom. The first-order chi connectivity index (χ1) is 8.79. The highest BCUT2D eigenvalue weighted by Crippen LogP contribution is 2.28. The molecule has 0 spiro atoms. The molecule has 0 radical (unpaired) electrons. The highest BCUT2D eigenvalue weighted by molar-refractivity contribution is 5.91. The predicted octanol–water partition coefficient (Wildman–Crippen LogP) is 2.29. The molecule has 0 bridgehead atoms. The van der Waals surface area contributed by atoms with E-state index in [1.165, 1.54) is 6.07 Å². The lowest BCUT2D eigenvalue weighted by Gasteiger charge is -2.07. The third-order valence-electron chi connectivity index (χ3n) is 2.38. The molecule has 0 aromatic carbocycles. The fourth-order valence-corrected chi connectivity index (χ4v) is 1.51. The number of nitrogens with zero attached hydrogens (tertiary/aromatic N) is 3. The lowest BCUT2D eigenvalue weighted by molar-refractivity contribution is -0.141. The van der Waals surface area contributed by atoms with Crippen molar-refractivity contribution < 1.29 is 23.1 Å². The van der Waals surface area contributed by atoms with E-state index in [2.05, 4.69) is 10.1 Å². The number of halogens is 3. The molecule has 2 rings (SSSR count). The lowest BCUT2D eigenvalue weighted by atomic mass is 10.2. The van der Waals surface area contributed by atoms with E-state index >= 15 is 0 Å². The number of aromatic nitrogens is 3. The second-order valence-corrected chi connectivity index (χ2v) is 3.79. The average Bonchev–Trinajstić information content (AvgIpc) is 2.77. The second kappa shape index (κ2) is 4.38. The van der Waals surface area contributed by atoms with Crippen molar-refractivity contribution in [2.75, 3.05) is 0 Å². The Kier molecular flexibility index (Phi) is 3.01. The normalized spacial score (nSPS) is 11.6. The molecule has 0 amide bonds. The average molecular weight is 271 g/mol. The van der Waals surface area contributed by atoms with E-state index in [0.29, 0.717) is 5.69 Å². The van der Waals surface area contributed by atoms with Gasteiger partial charge in [-0.05, 0) is 19.1 Å². The molecule has 19 heavy (non-hydrogen) atoms. The largest absolute Gasteiger partial charge is 0.478 e. The highest BCUT2D eigenvalue weighted by atomic mass is 19.4. The number of aromatic carboxylic acids is 1. The molecular weight excluding hydrogens is 263 g/mol. The molecule has 0 unspecified atom stereocenters. The van der Waals surface area contributed by atoms with Gasteiger partial charge in [0.15, 0.2) is 5.69 Å². The van der Waals surface area contributed by atoms with Gasteiger partial charge in [-0.25, -0.2) is 9.48 Å². The molecule has 0 saturated heterocycles. The minimum Gasteiger partial charge on any atom is -0.478 e. The van der Waals surface area contributed by atoms with E-state index in [9.17, 15) is 18.0 Å². The number of carboxylic acid groups (broad SMARTS) is 1. The van der Waals surface area contributed by atoms with Crippen molar-refractivity contribution >= 4 is 5.97 Å². The molecule has 0 fully saturated rings. The van der Waals surface area contributed by atoms with E-state index in [1.807, 2.05) is 0 Å². The molecule has 1 N–H and O–H groups in total. The summed E-state index contributed by atoms with van der Waals surface area (Å²) in [7, 11) is 0. The summed E-state index contributed by atoms with van der Waals surface area (Å²) in [6.07, 6.45) is -2.43. The number of pyridine rings is 1. The van der Waals surface area contributed by atoms with Crippen molar-refractivity contribution in [2.24, 2.45) is 0 Å². The van der Waals surface area contributed by atoms with Crippen LogP contribution in [-0.4, -0.2) is 25.8 Å². The quantitative estimate of drug-likeness (QED) is 0.909. The van der Waals surface area contributed by atoms with Gasteiger partial charge in [-0.1, -0.05) is 0 Å². The number of rotatable bonds is 2. The Morgan fingerprint density at radius 3 is 2.63 bits per heavy atom. The Hall–Kier alpha value is -2.38. The van der Waals surface area contributed by atoms with E-state index < -0.39 is 17.8 Å². The lowest BCUT2D eigenvalue weighted by Crippen LogP contribution is -2.10. The number of carbonyl (C=O) groups is 1. The molecule has 2 aromatic heterocycles. The van der Waals surface area contributed by atoms with Crippen molar-refractivity contribution in [2.45, 2.75) is 13.1 Å². The maximum Gasteiger partial charge on any atom is 0.435 e. The van der Waals surface area contributed by atoms with Crippen molar-refractivity contribution in [3.8, 4) is 5.69 Å². The van der Waals surface area contributed by atoms with Gasteiger partial charge in [0.05, 0.1) is 5.69 Å². The Morgan fingerprint density at radius 2 is 2.11 bits per heavy atom. The standard InChI is InChI=1S/C11H8F3N3O2/c1-6-4-8(7(5-15-6)10(18)19)17-3-2-9(16-17)11(12,13)14/h2-5H,1H3,(H,18,19). The molecule has 0 aliphatic heterocycles. The minimum absolute atomic E-state index is 0.0375. The first-order valence-corrected chi connectivity index (χ1v) is 5.12. The number of carboxylic acids is 1. The van der Waals surface area contributed by atoms with Crippen LogP contribution >= 0.6 is 0 Å². The predicted molar refractivity (Wildman–Crippen MR) is 58.1 cm³/mol. The summed E-state index contributed by atoms with van der Waals surface area (Å²) in [6, 6.07) is 2.14. The van der Waals surface area contributed by atoms with Crippen molar-refractivity contribution in [3.63, 3.8) is 0 Å². The Bertz CT molecular complexity index is 634. The van der Waals surface area contributed by atoms with E-state index in [-0.39, 0.29) is 11.3 Å². The topological polar surface area (TPSA) is 68.0 Å². The van der Waals surface area contributed by atoms with Crippen molar-refractivity contribution in [1.82, 2.24) is 14.8 Å². The molecule has 2 aromatic rings. The Balaban J connectivity index is 2.55. The van der Waals surface area contributed by atoms with Crippen LogP contribution in [-0.2, 0) is 6.18 Å². The van der Waals surface area contributed by atoms with Gasteiger partial charge in [-0.2, -0.15) is 18.3 Å². The zero-order chi connectivity index (χ0) is 14.2. The third-order valence-corrected chi connectivity index (χ3v) is 2.38. The first kappa shape index (κ1) is 13.1. The fourth-order valence-electron chi connectivity index (χ4n) is 1.51. The van der Waals surface area contributed by atoms with Crippen LogP contribution in [0.4, 0.5) is 13.2 Å². The molecule has 2 heterocycles. The molecular formula is C11H8F3N3O2. The number of hydrogen-bond donors (Lipinski definition) is 1. The third kappa shape index (κ3) is 2.56. The molecule has 0 saturated carbocycles. The molecule has 0 aliphatic carbocycles. The van der Waals surface area contributed by atoms with Gasteiger partial charge in [0.2, 0.25) is 0 Å². The van der Waals surface area contributed by atoms with E-state index in [4.69, 9.17) is 5.11 Å². The maximum atomic E-state index is 12.5. The van der Waals surface area contributed by atoms with Crippen molar-refractivity contribution in [1.29, 1.82) is 0 Å². The summed E-state index contributed by atoms with van der Waals surface area (Å²) in [5.41, 5.74) is -0.791. The van der Waals surface area contributed by atoms with Gasteiger partial charge in [0.1, 0.15) is 5.56 Å². The van der Waals surface area contributed by atoms with Gasteiger partial charge in [0.25, 0.3) is 0 Å². The van der Waals surface area contributed by atoms with Crippen LogP contribution in [0.3, 0.4) is 0 Å². The summed E-state index contributed by atoms with van der Waals surface area (Å²) in [6.45, 7) is 1.60. The van der Waals surface area contributed by atoms with E-state index in [0.717, 1.165) is 23.1 Å². The van der Waals surface area contributed by atoms with E-state index in [1.54, 1.807) is 6.92 Å². The zero-order valence-electron chi connectivity index (χ0n) is 9.64. The number of alkyl halides is 3. The van der Waals surface area contributed by atoms with Crippen LogP contribution in [0, 0.1) is 6.92 Å². The second-order valence-electron chi connectivity index (χ2n) is 3.79. The Labute approximate surface area is 105 Å². The van der Waals surface area contributed by atoms with Gasteiger partial charge in [-0.15, -0.1) is 0 Å². The highest BCUT2D eigenvalue weighted by Gasteiger charge is 2.33. The summed E-state index contributed by atoms with van der Waals surface area (Å²) < 4.78 is 38.2. The minimum atomic E-state index is -4.57. The van der Waals surface area contributed by atoms with Crippen molar-refractivity contribution in [3.05, 3.63) is 41.5 Å². The summed E-state index contributed by atoms with van der Waals surface area (Å²) in [4.78, 5) is 14.8. The number of hydrogen-bond acceptors (Lipinski definition) is 3. The monoisotopic (exact) mass is 271 g/mol. The fraction of sp³-hybridized carbons (Fsp3) is 0.182. The van der Waals surface area contributed by atoms with Crippen LogP contribution in [0.5, 0.6) is 0 Å². The van der Waals surface area contributed by atoms with Crippen LogP contribution in [0.1, 0.15) is 21.7 Å². The van der Waals surface area contributed by atoms with Crippen LogP contribution in [0.2, 0.25) is 0 Å². The molecule has 0 atom stereocenters. The van der Waals surface area contributed by atoms with Crippen LogP contribution in [0.15, 0.2) is 24.5 Å². The summed E-state index contributed by atoms with van der Waals surface area (Å²) in [5.74, 6) is -1.29. The van der Waals surface area contributed by atoms with Crippen LogP contribution in [0.25, 0.3) is 5.69 Å². The molecule has 8 heteroatoms. The number of aryl methyl sites for hydroxylation is 1. The zero-order valence-corrected chi connectivity index (χ0v) is 9.64. The molecule has 100 valence electrons. The van der Waals surface area contributed by atoms with Gasteiger partial charge >= 0.3 is 12.1 Å². The van der Waals surface area contributed by atoms with Gasteiger partial charge < -0.3 is 5.11 Å². The summed E-state index contributed by atoms with van der Waals surface area (Å²) >= 11 is 0.